The molecule has 1 aromatic heterocycles. The van der Waals surface area contributed by atoms with Gasteiger partial charge in [0.15, 0.2) is 0 Å². The topological polar surface area (TPSA) is 34.1 Å². The molecule has 2 rings (SSSR count). The van der Waals surface area contributed by atoms with Gasteiger partial charge < -0.3 is 10.1 Å². The van der Waals surface area contributed by atoms with Gasteiger partial charge in [-0.15, -0.1) is 11.3 Å². The lowest BCUT2D eigenvalue weighted by atomic mass is 10.0. The van der Waals surface area contributed by atoms with Gasteiger partial charge in [-0.2, -0.15) is 0 Å². The van der Waals surface area contributed by atoms with Gasteiger partial charge in [0.2, 0.25) is 0 Å². The second-order valence-electron chi connectivity index (χ2n) is 4.03. The Morgan fingerprint density at radius 2 is 2.50 bits per heavy atom. The average molecular weight is 238 g/mol. The highest BCUT2D eigenvalue weighted by Gasteiger charge is 2.09. The van der Waals surface area contributed by atoms with Gasteiger partial charge in [0.25, 0.3) is 0 Å². The normalized spacial score (nSPS) is 20.2. The zero-order chi connectivity index (χ0) is 11.2. The van der Waals surface area contributed by atoms with Gasteiger partial charge in [0.05, 0.1) is 12.3 Å². The van der Waals surface area contributed by atoms with Crippen molar-refractivity contribution in [1.29, 1.82) is 0 Å². The lowest BCUT2D eigenvalue weighted by Crippen LogP contribution is -2.29. The minimum Gasteiger partial charge on any atom is -0.378 e. The Morgan fingerprint density at radius 1 is 1.56 bits per heavy atom. The second kappa shape index (κ2) is 6.13. The molecular formula is C12H18N2OS. The van der Waals surface area contributed by atoms with Gasteiger partial charge in [-0.05, 0) is 19.3 Å². The smallest absolute Gasteiger partial charge is 0.119 e. The Bertz CT molecular complexity index is 349. The molecule has 0 aliphatic heterocycles. The van der Waals surface area contributed by atoms with Crippen molar-refractivity contribution in [2.75, 3.05) is 7.11 Å². The van der Waals surface area contributed by atoms with Crippen LogP contribution in [0.1, 0.15) is 30.0 Å². The molecule has 1 N–H and O–H groups in total. The van der Waals surface area contributed by atoms with Crippen LogP contribution in [0.15, 0.2) is 17.5 Å². The van der Waals surface area contributed by atoms with Crippen LogP contribution in [0.25, 0.3) is 0 Å². The minimum absolute atomic E-state index is 0.622. The third-order valence-electron chi connectivity index (χ3n) is 2.71. The Labute approximate surface area is 101 Å². The first-order valence-electron chi connectivity index (χ1n) is 5.69. The maximum absolute atomic E-state index is 5.05. The van der Waals surface area contributed by atoms with E-state index in [2.05, 4.69) is 27.8 Å². The van der Waals surface area contributed by atoms with Gasteiger partial charge in [-0.1, -0.05) is 12.2 Å². The van der Waals surface area contributed by atoms with Crippen molar-refractivity contribution < 1.29 is 4.74 Å². The molecular weight excluding hydrogens is 220 g/mol. The van der Waals surface area contributed by atoms with E-state index in [0.717, 1.165) is 23.7 Å². The van der Waals surface area contributed by atoms with Crippen LogP contribution in [0.5, 0.6) is 0 Å². The maximum Gasteiger partial charge on any atom is 0.119 e. The average Bonchev–Trinajstić information content (AvgIpc) is 2.76. The molecule has 1 atom stereocenters. The maximum atomic E-state index is 5.05. The first kappa shape index (κ1) is 11.8. The molecule has 1 aliphatic rings. The molecule has 0 saturated carbocycles. The van der Waals surface area contributed by atoms with E-state index in [0.29, 0.717) is 12.6 Å². The van der Waals surface area contributed by atoms with Crippen molar-refractivity contribution in [3.05, 3.63) is 28.2 Å². The summed E-state index contributed by atoms with van der Waals surface area (Å²) in [7, 11) is 1.70. The van der Waals surface area contributed by atoms with Crippen LogP contribution < -0.4 is 5.32 Å². The van der Waals surface area contributed by atoms with Crippen molar-refractivity contribution in [2.24, 2.45) is 0 Å². The first-order chi connectivity index (χ1) is 7.88. The predicted octanol–water partition coefficient (Wildman–Crippen LogP) is 2.49. The van der Waals surface area contributed by atoms with E-state index in [1.54, 1.807) is 18.4 Å². The van der Waals surface area contributed by atoms with Crippen molar-refractivity contribution in [1.82, 2.24) is 10.3 Å². The lowest BCUT2D eigenvalue weighted by Gasteiger charge is -2.18. The molecule has 88 valence electrons. The number of ether oxygens (including phenoxy) is 1. The van der Waals surface area contributed by atoms with Gasteiger partial charge in [0, 0.05) is 25.1 Å². The summed E-state index contributed by atoms with van der Waals surface area (Å²) in [5.74, 6) is 0. The van der Waals surface area contributed by atoms with Crippen LogP contribution in [0.4, 0.5) is 0 Å². The molecule has 0 bridgehead atoms. The highest BCUT2D eigenvalue weighted by molar-refractivity contribution is 7.09. The summed E-state index contributed by atoms with van der Waals surface area (Å²) < 4.78 is 5.05. The second-order valence-corrected chi connectivity index (χ2v) is 4.97. The number of hydrogen-bond donors (Lipinski definition) is 1. The molecule has 1 aliphatic carbocycles. The number of rotatable bonds is 5. The Hall–Kier alpha value is -0.710. The number of aromatic nitrogens is 1. The molecule has 1 heterocycles. The molecule has 16 heavy (non-hydrogen) atoms. The van der Waals surface area contributed by atoms with E-state index >= 15 is 0 Å². The third kappa shape index (κ3) is 3.40. The summed E-state index contributed by atoms with van der Waals surface area (Å²) in [5.41, 5.74) is 1.13. The van der Waals surface area contributed by atoms with E-state index in [9.17, 15) is 0 Å². The zero-order valence-corrected chi connectivity index (χ0v) is 10.4. The zero-order valence-electron chi connectivity index (χ0n) is 9.61. The fraction of sp³-hybridized carbons (Fsp3) is 0.583. The SMILES string of the molecule is COCc1nc(CNC2CC=CCC2)cs1. The highest BCUT2D eigenvalue weighted by Crippen LogP contribution is 2.13. The van der Waals surface area contributed by atoms with Crippen molar-refractivity contribution >= 4 is 11.3 Å². The largest absolute Gasteiger partial charge is 0.378 e. The summed E-state index contributed by atoms with van der Waals surface area (Å²) in [5, 5.41) is 6.71. The number of thiazole rings is 1. The van der Waals surface area contributed by atoms with E-state index in [1.165, 1.54) is 12.8 Å². The van der Waals surface area contributed by atoms with Gasteiger partial charge in [-0.3, -0.25) is 0 Å². The summed E-state index contributed by atoms with van der Waals surface area (Å²) in [6, 6.07) is 0.623. The molecule has 4 heteroatoms. The van der Waals surface area contributed by atoms with E-state index in [4.69, 9.17) is 4.74 Å². The van der Waals surface area contributed by atoms with Gasteiger partial charge >= 0.3 is 0 Å². The molecule has 1 unspecified atom stereocenters. The van der Waals surface area contributed by atoms with Crippen molar-refractivity contribution in [3.8, 4) is 0 Å². The molecule has 0 aromatic carbocycles. The number of hydrogen-bond acceptors (Lipinski definition) is 4. The van der Waals surface area contributed by atoms with Crippen molar-refractivity contribution in [3.63, 3.8) is 0 Å². The fourth-order valence-electron chi connectivity index (χ4n) is 1.85. The number of nitrogens with one attached hydrogen (secondary N) is 1. The van der Waals surface area contributed by atoms with Crippen LogP contribution in [0.3, 0.4) is 0 Å². The number of allylic oxidation sites excluding steroid dienone is 1. The van der Waals surface area contributed by atoms with E-state index < -0.39 is 0 Å². The quantitative estimate of drug-likeness (QED) is 0.800. The Balaban J connectivity index is 1.77. The lowest BCUT2D eigenvalue weighted by molar-refractivity contribution is 0.184. The van der Waals surface area contributed by atoms with Crippen LogP contribution in [-0.4, -0.2) is 18.1 Å². The minimum atomic E-state index is 0.622. The molecule has 3 nitrogen and oxygen atoms in total. The van der Waals surface area contributed by atoms with Crippen LogP contribution in [-0.2, 0) is 17.9 Å². The standard InChI is InChI=1S/C12H18N2OS/c1-15-8-12-14-11(9-16-12)7-13-10-5-3-2-4-6-10/h2-3,9-10,13H,4-8H2,1H3. The van der Waals surface area contributed by atoms with Crippen LogP contribution in [0.2, 0.25) is 0 Å². The summed E-state index contributed by atoms with van der Waals surface area (Å²) in [4.78, 5) is 4.50. The molecule has 0 spiro atoms. The monoisotopic (exact) mass is 238 g/mol. The molecule has 0 radical (unpaired) electrons. The van der Waals surface area contributed by atoms with Gasteiger partial charge in [0.1, 0.15) is 5.01 Å². The molecule has 0 fully saturated rings. The first-order valence-corrected chi connectivity index (χ1v) is 6.57. The molecule has 0 saturated heterocycles. The Kier molecular flexibility index (Phi) is 4.51. The number of nitrogens with zero attached hydrogens (tertiary/aromatic N) is 1. The van der Waals surface area contributed by atoms with E-state index in [-0.39, 0.29) is 0 Å². The predicted molar refractivity (Wildman–Crippen MR) is 66.4 cm³/mol. The number of methoxy groups -OCH3 is 1. The van der Waals surface area contributed by atoms with Crippen molar-refractivity contribution in [2.45, 2.75) is 38.5 Å². The molecule has 1 aromatic rings. The van der Waals surface area contributed by atoms with Gasteiger partial charge in [-0.25, -0.2) is 4.98 Å². The van der Waals surface area contributed by atoms with Crippen LogP contribution in [0, 0.1) is 0 Å². The summed E-state index contributed by atoms with van der Waals surface area (Å²) in [6.07, 6.45) is 8.11. The highest BCUT2D eigenvalue weighted by atomic mass is 32.1. The summed E-state index contributed by atoms with van der Waals surface area (Å²) in [6.45, 7) is 1.50. The molecule has 0 amide bonds. The third-order valence-corrected chi connectivity index (χ3v) is 3.58. The fourth-order valence-corrected chi connectivity index (χ4v) is 2.61. The van der Waals surface area contributed by atoms with E-state index in [1.807, 2.05) is 0 Å². The van der Waals surface area contributed by atoms with Crippen LogP contribution >= 0.6 is 11.3 Å². The Morgan fingerprint density at radius 3 is 3.25 bits per heavy atom. The summed E-state index contributed by atoms with van der Waals surface area (Å²) >= 11 is 1.67.